The number of rotatable bonds is 11. The van der Waals surface area contributed by atoms with Gasteiger partial charge in [0.15, 0.2) is 9.84 Å². The van der Waals surface area contributed by atoms with Crippen LogP contribution in [-0.2, 0) is 20.8 Å². The van der Waals surface area contributed by atoms with Crippen molar-refractivity contribution in [2.75, 3.05) is 30.4 Å². The highest BCUT2D eigenvalue weighted by molar-refractivity contribution is 7.91. The zero-order valence-corrected chi connectivity index (χ0v) is 24.7. The van der Waals surface area contributed by atoms with E-state index in [0.717, 1.165) is 12.1 Å². The number of amides is 1. The molecular weight excluding hydrogens is 609 g/mol. The summed E-state index contributed by atoms with van der Waals surface area (Å²) in [7, 11) is -3.41. The lowest BCUT2D eigenvalue weighted by Crippen LogP contribution is -2.36. The van der Waals surface area contributed by atoms with Crippen LogP contribution in [0, 0.1) is 0 Å². The Morgan fingerprint density at radius 2 is 1.73 bits per heavy atom. The first-order chi connectivity index (χ1) is 20.6. The number of ether oxygens (including phenoxy) is 1. The van der Waals surface area contributed by atoms with Crippen LogP contribution >= 0.6 is 0 Å². The van der Waals surface area contributed by atoms with Crippen LogP contribution in [0.25, 0.3) is 0 Å². The van der Waals surface area contributed by atoms with Crippen molar-refractivity contribution in [3.05, 3.63) is 89.1 Å². The van der Waals surface area contributed by atoms with Crippen LogP contribution < -0.4 is 10.2 Å². The zero-order chi connectivity index (χ0) is 32.3. The topological polar surface area (TPSA) is 109 Å². The van der Waals surface area contributed by atoms with Gasteiger partial charge in [-0.05, 0) is 53.9 Å². The van der Waals surface area contributed by atoms with Crippen molar-refractivity contribution in [3.8, 4) is 0 Å². The number of sulfone groups is 1. The molecule has 0 aliphatic carbocycles. The number of halogens is 5. The van der Waals surface area contributed by atoms with Crippen LogP contribution in [0.3, 0.4) is 0 Å². The minimum atomic E-state index is -4.49. The van der Waals surface area contributed by atoms with E-state index in [0.29, 0.717) is 30.3 Å². The molecule has 1 fully saturated rings. The van der Waals surface area contributed by atoms with E-state index in [1.165, 1.54) is 61.7 Å². The molecular formula is C30H32F5N3O5S. The van der Waals surface area contributed by atoms with Gasteiger partial charge < -0.3 is 20.1 Å². The smallest absolute Gasteiger partial charge is 0.394 e. The monoisotopic (exact) mass is 641 g/mol. The number of anilines is 1. The van der Waals surface area contributed by atoms with Gasteiger partial charge in [0, 0.05) is 25.6 Å². The largest absolute Gasteiger partial charge is 0.416 e. The Morgan fingerprint density at radius 1 is 1.07 bits per heavy atom. The maximum Gasteiger partial charge on any atom is 0.416 e. The Balaban J connectivity index is 1.49. The summed E-state index contributed by atoms with van der Waals surface area (Å²) in [5, 5.41) is 12.5. The lowest BCUT2D eigenvalue weighted by Gasteiger charge is -2.26. The minimum absolute atomic E-state index is 0.0680. The summed E-state index contributed by atoms with van der Waals surface area (Å²) >= 11 is 0. The maximum absolute atomic E-state index is 13.5. The number of hydrogen-bond acceptors (Lipinski definition) is 7. The molecule has 1 aliphatic rings. The molecule has 3 aromatic rings. The summed E-state index contributed by atoms with van der Waals surface area (Å²) in [5.74, 6) is -0.565. The fourth-order valence-corrected chi connectivity index (χ4v) is 5.91. The van der Waals surface area contributed by atoms with E-state index >= 15 is 0 Å². The molecule has 2 heterocycles. The van der Waals surface area contributed by atoms with E-state index in [-0.39, 0.29) is 35.3 Å². The number of carbonyl (C=O) groups is 1. The minimum Gasteiger partial charge on any atom is -0.394 e. The van der Waals surface area contributed by atoms with E-state index in [1.54, 1.807) is 4.90 Å². The predicted molar refractivity (Wildman–Crippen MR) is 152 cm³/mol. The van der Waals surface area contributed by atoms with Gasteiger partial charge in [-0.3, -0.25) is 4.79 Å². The van der Waals surface area contributed by atoms with Gasteiger partial charge in [-0.25, -0.2) is 13.4 Å². The number of aromatic nitrogens is 1. The molecule has 1 aliphatic heterocycles. The Labute approximate surface area is 251 Å². The first-order valence-corrected chi connectivity index (χ1v) is 15.4. The molecule has 0 saturated carbocycles. The van der Waals surface area contributed by atoms with Crippen LogP contribution in [0.5, 0.6) is 0 Å². The molecule has 238 valence electrons. The summed E-state index contributed by atoms with van der Waals surface area (Å²) in [4.78, 5) is 19.1. The molecule has 1 aromatic heterocycles. The Hall–Kier alpha value is -3.62. The third-order valence-electron chi connectivity index (χ3n) is 7.47. The Kier molecular flexibility index (Phi) is 9.96. The van der Waals surface area contributed by atoms with E-state index < -0.39 is 52.3 Å². The summed E-state index contributed by atoms with van der Waals surface area (Å²) in [5.41, 5.74) is 0.452. The molecule has 4 rings (SSSR count). The Morgan fingerprint density at radius 3 is 2.25 bits per heavy atom. The third kappa shape index (κ3) is 8.10. The standard InChI is InChI=1S/C30H32F5N3O5S/c1-3-44(41,42)25-11-6-20(7-12-25)26(17-39)37-28(40)21-8-13-27(36-15-21)38-16-22(14-24(38)18-43-29(2,31)32)19-4-9-23(10-5-19)30(33,34)35/h4-13,15,22,24,26,39H,3,14,16-18H2,1-2H3,(H,37,40)/t22?,24-,26-/m0/s1. The van der Waals surface area contributed by atoms with Crippen LogP contribution in [0.4, 0.5) is 27.8 Å². The van der Waals surface area contributed by atoms with E-state index in [4.69, 9.17) is 4.74 Å². The SMILES string of the molecule is CCS(=O)(=O)c1ccc([C@H](CO)NC(=O)c2ccc(N3CC(c4ccc(C(F)(F)F)cc4)C[C@H]3COC(C)(F)F)nc2)cc1. The van der Waals surface area contributed by atoms with E-state index in [1.807, 2.05) is 0 Å². The molecule has 44 heavy (non-hydrogen) atoms. The second-order valence-electron chi connectivity index (χ2n) is 10.6. The van der Waals surface area contributed by atoms with Gasteiger partial charge in [-0.15, -0.1) is 0 Å². The molecule has 1 unspecified atom stereocenters. The second-order valence-corrected chi connectivity index (χ2v) is 12.8. The zero-order valence-electron chi connectivity index (χ0n) is 23.9. The molecule has 14 heteroatoms. The fourth-order valence-electron chi connectivity index (χ4n) is 5.02. The first-order valence-electron chi connectivity index (χ1n) is 13.8. The summed E-state index contributed by atoms with van der Waals surface area (Å²) in [6.45, 7) is 1.59. The molecule has 1 saturated heterocycles. The van der Waals surface area contributed by atoms with Crippen molar-refractivity contribution >= 4 is 21.6 Å². The fraction of sp³-hybridized carbons (Fsp3) is 0.400. The number of alkyl halides is 5. The number of aliphatic hydroxyl groups is 1. The maximum atomic E-state index is 13.5. The highest BCUT2D eigenvalue weighted by atomic mass is 32.2. The molecule has 0 bridgehead atoms. The average Bonchev–Trinajstić information content (AvgIpc) is 3.42. The van der Waals surface area contributed by atoms with Gasteiger partial charge in [0.1, 0.15) is 5.82 Å². The molecule has 3 atom stereocenters. The summed E-state index contributed by atoms with van der Waals surface area (Å²) in [6, 6.07) is 12.1. The molecule has 0 spiro atoms. The van der Waals surface area contributed by atoms with Crippen LogP contribution in [-0.4, -0.2) is 62.1 Å². The van der Waals surface area contributed by atoms with Gasteiger partial charge >= 0.3 is 12.3 Å². The number of hydrogen-bond donors (Lipinski definition) is 2. The summed E-state index contributed by atoms with van der Waals surface area (Å²) in [6.07, 6.45) is -6.27. The van der Waals surface area contributed by atoms with Crippen molar-refractivity contribution in [3.63, 3.8) is 0 Å². The number of pyridine rings is 1. The number of nitrogens with one attached hydrogen (secondary N) is 1. The van der Waals surface area contributed by atoms with Gasteiger partial charge in [0.05, 0.1) is 47.1 Å². The number of aliphatic hydroxyl groups excluding tert-OH is 1. The van der Waals surface area contributed by atoms with Crippen LogP contribution in [0.1, 0.15) is 59.3 Å². The van der Waals surface area contributed by atoms with Crippen LogP contribution in [0.2, 0.25) is 0 Å². The number of carbonyl (C=O) groups excluding carboxylic acids is 1. The number of benzene rings is 2. The van der Waals surface area contributed by atoms with Crippen molar-refractivity contribution in [1.82, 2.24) is 10.3 Å². The normalized spacial score (nSPS) is 18.3. The van der Waals surface area contributed by atoms with Gasteiger partial charge in [-0.1, -0.05) is 31.2 Å². The lowest BCUT2D eigenvalue weighted by molar-refractivity contribution is -0.225. The van der Waals surface area contributed by atoms with E-state index in [2.05, 4.69) is 10.3 Å². The van der Waals surface area contributed by atoms with Crippen molar-refractivity contribution in [2.45, 2.75) is 55.5 Å². The molecule has 2 aromatic carbocycles. The van der Waals surface area contributed by atoms with Crippen LogP contribution in [0.15, 0.2) is 71.8 Å². The molecule has 1 amide bonds. The number of nitrogens with zero attached hydrogens (tertiary/aromatic N) is 2. The predicted octanol–water partition coefficient (Wildman–Crippen LogP) is 5.35. The van der Waals surface area contributed by atoms with Gasteiger partial charge in [0.2, 0.25) is 0 Å². The Bertz CT molecular complexity index is 1530. The van der Waals surface area contributed by atoms with Gasteiger partial charge in [-0.2, -0.15) is 22.0 Å². The highest BCUT2D eigenvalue weighted by Gasteiger charge is 2.37. The average molecular weight is 642 g/mol. The van der Waals surface area contributed by atoms with Crippen molar-refractivity contribution < 1.29 is 45.0 Å². The van der Waals surface area contributed by atoms with Gasteiger partial charge in [0.25, 0.3) is 5.91 Å². The quantitative estimate of drug-likeness (QED) is 0.272. The molecule has 0 radical (unpaired) electrons. The van der Waals surface area contributed by atoms with Crippen molar-refractivity contribution in [2.24, 2.45) is 0 Å². The first kappa shape index (κ1) is 33.3. The molecule has 2 N–H and O–H groups in total. The van der Waals surface area contributed by atoms with Crippen molar-refractivity contribution in [1.29, 1.82) is 0 Å². The van der Waals surface area contributed by atoms with E-state index in [9.17, 15) is 40.3 Å². The molecule has 8 nitrogen and oxygen atoms in total. The third-order valence-corrected chi connectivity index (χ3v) is 9.22. The lowest BCUT2D eigenvalue weighted by atomic mass is 9.95. The highest BCUT2D eigenvalue weighted by Crippen LogP contribution is 2.37. The second kappa shape index (κ2) is 13.2. The summed E-state index contributed by atoms with van der Waals surface area (Å²) < 4.78 is 95.0.